The summed E-state index contributed by atoms with van der Waals surface area (Å²) in [6.45, 7) is 5.51. The number of nitrogens with zero attached hydrogens (tertiary/aromatic N) is 1. The quantitative estimate of drug-likeness (QED) is 0.806. The van der Waals surface area contributed by atoms with Crippen LogP contribution in [-0.4, -0.2) is 38.8 Å². The van der Waals surface area contributed by atoms with E-state index < -0.39 is 10.0 Å². The Balaban J connectivity index is 2.16. The van der Waals surface area contributed by atoms with Gasteiger partial charge in [0.25, 0.3) is 0 Å². The SMILES string of the molecule is CCN(CC(=O)Nc1cccc(C)c1C)S(=O)(=O)c1ccc(OC)cc1. The summed E-state index contributed by atoms with van der Waals surface area (Å²) in [5, 5.41) is 2.79. The van der Waals surface area contributed by atoms with Gasteiger partial charge in [-0.3, -0.25) is 4.79 Å². The first-order valence-electron chi connectivity index (χ1n) is 8.30. The molecule has 0 atom stereocenters. The Morgan fingerprint density at radius 3 is 2.35 bits per heavy atom. The van der Waals surface area contributed by atoms with Crippen LogP contribution in [0.2, 0.25) is 0 Å². The van der Waals surface area contributed by atoms with Crippen molar-refractivity contribution in [2.24, 2.45) is 0 Å². The van der Waals surface area contributed by atoms with Crippen molar-refractivity contribution in [1.82, 2.24) is 4.31 Å². The minimum absolute atomic E-state index is 0.125. The first-order valence-corrected chi connectivity index (χ1v) is 9.74. The average molecular weight is 376 g/mol. The van der Waals surface area contributed by atoms with Crippen molar-refractivity contribution in [3.05, 3.63) is 53.6 Å². The average Bonchev–Trinajstić information content (AvgIpc) is 2.63. The Bertz CT molecular complexity index is 877. The molecule has 2 rings (SSSR count). The van der Waals surface area contributed by atoms with Gasteiger partial charge in [-0.05, 0) is 55.3 Å². The van der Waals surface area contributed by atoms with Crippen LogP contribution in [0.1, 0.15) is 18.1 Å². The number of anilines is 1. The lowest BCUT2D eigenvalue weighted by molar-refractivity contribution is -0.116. The molecular formula is C19H24N2O4S. The second-order valence-electron chi connectivity index (χ2n) is 5.90. The second kappa shape index (κ2) is 8.33. The first-order chi connectivity index (χ1) is 12.3. The molecule has 0 unspecified atom stereocenters. The van der Waals surface area contributed by atoms with Gasteiger partial charge in [-0.2, -0.15) is 4.31 Å². The summed E-state index contributed by atoms with van der Waals surface area (Å²) in [7, 11) is -2.25. The monoisotopic (exact) mass is 376 g/mol. The van der Waals surface area contributed by atoms with E-state index in [1.165, 1.54) is 19.2 Å². The van der Waals surface area contributed by atoms with Crippen LogP contribution >= 0.6 is 0 Å². The first kappa shape index (κ1) is 19.9. The van der Waals surface area contributed by atoms with E-state index in [1.807, 2.05) is 26.0 Å². The number of hydrogen-bond acceptors (Lipinski definition) is 4. The largest absolute Gasteiger partial charge is 0.497 e. The van der Waals surface area contributed by atoms with Gasteiger partial charge in [0.2, 0.25) is 15.9 Å². The highest BCUT2D eigenvalue weighted by atomic mass is 32.2. The number of methoxy groups -OCH3 is 1. The number of ether oxygens (including phenoxy) is 1. The number of benzene rings is 2. The maximum absolute atomic E-state index is 12.8. The predicted molar refractivity (Wildman–Crippen MR) is 102 cm³/mol. The highest BCUT2D eigenvalue weighted by Gasteiger charge is 2.25. The van der Waals surface area contributed by atoms with Crippen LogP contribution < -0.4 is 10.1 Å². The molecule has 1 amide bonds. The highest BCUT2D eigenvalue weighted by molar-refractivity contribution is 7.89. The number of rotatable bonds is 7. The van der Waals surface area contributed by atoms with E-state index in [-0.39, 0.29) is 23.9 Å². The molecule has 0 spiro atoms. The molecule has 0 radical (unpaired) electrons. The molecule has 140 valence electrons. The smallest absolute Gasteiger partial charge is 0.243 e. The van der Waals surface area contributed by atoms with E-state index in [0.29, 0.717) is 11.4 Å². The van der Waals surface area contributed by atoms with Gasteiger partial charge >= 0.3 is 0 Å². The van der Waals surface area contributed by atoms with E-state index in [9.17, 15) is 13.2 Å². The van der Waals surface area contributed by atoms with Crippen molar-refractivity contribution >= 4 is 21.6 Å². The van der Waals surface area contributed by atoms with Crippen molar-refractivity contribution in [3.63, 3.8) is 0 Å². The summed E-state index contributed by atoms with van der Waals surface area (Å²) in [5.74, 6) is 0.192. The molecule has 0 aliphatic carbocycles. The summed E-state index contributed by atoms with van der Waals surface area (Å²) in [4.78, 5) is 12.5. The van der Waals surface area contributed by atoms with Crippen molar-refractivity contribution in [3.8, 4) is 5.75 Å². The molecule has 0 fully saturated rings. The molecule has 0 saturated heterocycles. The van der Waals surface area contributed by atoms with Crippen LogP contribution in [0, 0.1) is 13.8 Å². The fourth-order valence-corrected chi connectivity index (χ4v) is 3.91. The van der Waals surface area contributed by atoms with Gasteiger partial charge in [0.15, 0.2) is 0 Å². The van der Waals surface area contributed by atoms with Crippen molar-refractivity contribution < 1.29 is 17.9 Å². The standard InChI is InChI=1S/C19H24N2O4S/c1-5-21(26(23,24)17-11-9-16(25-4)10-12-17)13-19(22)20-18-8-6-7-14(2)15(18)3/h6-12H,5,13H2,1-4H3,(H,20,22). The number of carbonyl (C=O) groups is 1. The van der Waals surface area contributed by atoms with Crippen LogP contribution in [0.3, 0.4) is 0 Å². The molecule has 2 aromatic carbocycles. The van der Waals surface area contributed by atoms with Gasteiger partial charge in [0.1, 0.15) is 5.75 Å². The van der Waals surface area contributed by atoms with Gasteiger partial charge in [0, 0.05) is 12.2 Å². The summed E-state index contributed by atoms with van der Waals surface area (Å²) in [5.41, 5.74) is 2.70. The van der Waals surface area contributed by atoms with E-state index >= 15 is 0 Å². The second-order valence-corrected chi connectivity index (χ2v) is 7.84. The van der Waals surface area contributed by atoms with Crippen LogP contribution in [0.25, 0.3) is 0 Å². The highest BCUT2D eigenvalue weighted by Crippen LogP contribution is 2.20. The topological polar surface area (TPSA) is 75.7 Å². The van der Waals surface area contributed by atoms with Crippen LogP contribution in [0.15, 0.2) is 47.4 Å². The minimum atomic E-state index is -3.76. The molecule has 0 aliphatic rings. The molecule has 6 nitrogen and oxygen atoms in total. The lowest BCUT2D eigenvalue weighted by Crippen LogP contribution is -2.37. The number of likely N-dealkylation sites (N-methyl/N-ethyl adjacent to an activating group) is 1. The fourth-order valence-electron chi connectivity index (χ4n) is 2.50. The Hall–Kier alpha value is -2.38. The predicted octanol–water partition coefficient (Wildman–Crippen LogP) is 2.96. The Labute approximate surface area is 154 Å². The minimum Gasteiger partial charge on any atom is -0.497 e. The van der Waals surface area contributed by atoms with Crippen LogP contribution in [-0.2, 0) is 14.8 Å². The van der Waals surface area contributed by atoms with Gasteiger partial charge in [-0.15, -0.1) is 0 Å². The van der Waals surface area contributed by atoms with Crippen molar-refractivity contribution in [2.45, 2.75) is 25.7 Å². The zero-order valence-electron chi connectivity index (χ0n) is 15.4. The third-order valence-electron chi connectivity index (χ3n) is 4.25. The van der Waals surface area contributed by atoms with Crippen molar-refractivity contribution in [1.29, 1.82) is 0 Å². The molecular weight excluding hydrogens is 352 g/mol. The summed E-state index contributed by atoms with van der Waals surface area (Å²) in [6.07, 6.45) is 0. The van der Waals surface area contributed by atoms with E-state index in [4.69, 9.17) is 4.74 Å². The molecule has 1 N–H and O–H groups in total. The molecule has 2 aromatic rings. The number of nitrogens with one attached hydrogen (secondary N) is 1. The molecule has 26 heavy (non-hydrogen) atoms. The third-order valence-corrected chi connectivity index (χ3v) is 6.18. The number of sulfonamides is 1. The normalized spacial score (nSPS) is 11.4. The lowest BCUT2D eigenvalue weighted by atomic mass is 10.1. The Kier molecular flexibility index (Phi) is 6.39. The third kappa shape index (κ3) is 4.42. The summed E-state index contributed by atoms with van der Waals surface area (Å²) < 4.78 is 31.8. The number of carbonyl (C=O) groups excluding carboxylic acids is 1. The maximum Gasteiger partial charge on any atom is 0.243 e. The molecule has 0 aliphatic heterocycles. The van der Waals surface area contributed by atoms with Gasteiger partial charge in [0.05, 0.1) is 18.6 Å². The zero-order valence-corrected chi connectivity index (χ0v) is 16.3. The van der Waals surface area contributed by atoms with E-state index in [2.05, 4.69) is 5.32 Å². The molecule has 0 saturated carbocycles. The fraction of sp³-hybridized carbons (Fsp3) is 0.316. The van der Waals surface area contributed by atoms with E-state index in [1.54, 1.807) is 25.1 Å². The summed E-state index contributed by atoms with van der Waals surface area (Å²) >= 11 is 0. The van der Waals surface area contributed by atoms with Gasteiger partial charge in [-0.25, -0.2) is 8.42 Å². The van der Waals surface area contributed by atoms with Gasteiger partial charge in [-0.1, -0.05) is 19.1 Å². The van der Waals surface area contributed by atoms with Crippen LogP contribution in [0.4, 0.5) is 5.69 Å². The van der Waals surface area contributed by atoms with Crippen LogP contribution in [0.5, 0.6) is 5.75 Å². The molecule has 0 aromatic heterocycles. The van der Waals surface area contributed by atoms with Gasteiger partial charge < -0.3 is 10.1 Å². The number of amides is 1. The molecule has 0 heterocycles. The molecule has 0 bridgehead atoms. The van der Waals surface area contributed by atoms with E-state index in [0.717, 1.165) is 15.4 Å². The number of aryl methyl sites for hydroxylation is 1. The summed E-state index contributed by atoms with van der Waals surface area (Å²) in [6, 6.07) is 11.7. The number of hydrogen-bond donors (Lipinski definition) is 1. The van der Waals surface area contributed by atoms with Crippen molar-refractivity contribution in [2.75, 3.05) is 25.5 Å². The Morgan fingerprint density at radius 2 is 1.77 bits per heavy atom. The zero-order chi connectivity index (χ0) is 19.3. The molecule has 7 heteroatoms. The Morgan fingerprint density at radius 1 is 1.12 bits per heavy atom. The lowest BCUT2D eigenvalue weighted by Gasteiger charge is -2.20. The maximum atomic E-state index is 12.8.